The molecular weight excluding hydrogens is 208 g/mol. The van der Waals surface area contributed by atoms with Crippen LogP contribution < -0.4 is 0 Å². The van der Waals surface area contributed by atoms with Crippen molar-refractivity contribution in [2.45, 2.75) is 12.8 Å². The number of hydrogen-bond acceptors (Lipinski definition) is 5. The third-order valence-electron chi connectivity index (χ3n) is 2.11. The third-order valence-corrected chi connectivity index (χ3v) is 2.11. The zero-order valence-electron chi connectivity index (χ0n) is 8.63. The Bertz CT molecular complexity index is 468. The zero-order valence-corrected chi connectivity index (χ0v) is 8.63. The van der Waals surface area contributed by atoms with Crippen molar-refractivity contribution in [1.29, 1.82) is 0 Å². The highest BCUT2D eigenvalue weighted by molar-refractivity contribution is 5.28. The van der Waals surface area contributed by atoms with Crippen LogP contribution in [0.2, 0.25) is 0 Å². The molecule has 1 heterocycles. The number of aliphatic hydroxyl groups excluding tert-OH is 1. The Morgan fingerprint density at radius 3 is 2.94 bits per heavy atom. The Labute approximate surface area is 92.4 Å². The number of aromatic hydroxyl groups is 1. The first kappa shape index (κ1) is 10.6. The molecule has 0 unspecified atom stereocenters. The molecule has 0 radical (unpaired) electrons. The Hall–Kier alpha value is -1.88. The van der Waals surface area contributed by atoms with E-state index >= 15 is 0 Å². The first-order valence-electron chi connectivity index (χ1n) is 4.98. The van der Waals surface area contributed by atoms with Crippen LogP contribution in [0.3, 0.4) is 0 Å². The van der Waals surface area contributed by atoms with Gasteiger partial charge in [0.05, 0.1) is 13.0 Å². The molecule has 0 fully saturated rings. The fraction of sp³-hybridized carbons (Fsp3) is 0.273. The van der Waals surface area contributed by atoms with Gasteiger partial charge in [-0.25, -0.2) is 0 Å². The fourth-order valence-corrected chi connectivity index (χ4v) is 1.40. The maximum atomic E-state index is 9.28. The van der Waals surface area contributed by atoms with E-state index in [0.717, 1.165) is 5.56 Å². The van der Waals surface area contributed by atoms with Crippen LogP contribution in [0.4, 0.5) is 0 Å². The van der Waals surface area contributed by atoms with Crippen LogP contribution in [0, 0.1) is 0 Å². The lowest BCUT2D eigenvalue weighted by Gasteiger charge is -1.96. The summed E-state index contributed by atoms with van der Waals surface area (Å²) >= 11 is 0. The molecule has 0 aliphatic rings. The Morgan fingerprint density at radius 1 is 1.31 bits per heavy atom. The molecule has 0 aliphatic heterocycles. The van der Waals surface area contributed by atoms with E-state index in [1.54, 1.807) is 18.2 Å². The number of hydrogen-bond donors (Lipinski definition) is 2. The van der Waals surface area contributed by atoms with E-state index in [4.69, 9.17) is 9.63 Å². The summed E-state index contributed by atoms with van der Waals surface area (Å²) in [6.45, 7) is 0.00506. The smallest absolute Gasteiger partial charge is 0.231 e. The van der Waals surface area contributed by atoms with Crippen molar-refractivity contribution < 1.29 is 14.7 Å². The number of aliphatic hydroxyl groups is 1. The van der Waals surface area contributed by atoms with Crippen LogP contribution >= 0.6 is 0 Å². The van der Waals surface area contributed by atoms with Gasteiger partial charge in [0.25, 0.3) is 0 Å². The lowest BCUT2D eigenvalue weighted by molar-refractivity contribution is 0.293. The summed E-state index contributed by atoms with van der Waals surface area (Å²) in [7, 11) is 0. The lowest BCUT2D eigenvalue weighted by atomic mass is 10.1. The van der Waals surface area contributed by atoms with E-state index in [2.05, 4.69) is 10.1 Å². The van der Waals surface area contributed by atoms with Crippen LogP contribution in [0.1, 0.15) is 17.3 Å². The van der Waals surface area contributed by atoms with Gasteiger partial charge in [0.2, 0.25) is 5.89 Å². The molecule has 0 saturated heterocycles. The number of nitrogens with zero attached hydrogens (tertiary/aromatic N) is 2. The molecule has 5 nitrogen and oxygen atoms in total. The summed E-state index contributed by atoms with van der Waals surface area (Å²) in [5.41, 5.74) is 0.902. The molecule has 0 bridgehead atoms. The van der Waals surface area contributed by atoms with Gasteiger partial charge in [-0.15, -0.1) is 0 Å². The van der Waals surface area contributed by atoms with E-state index in [-0.39, 0.29) is 12.4 Å². The molecular formula is C11H12N2O3. The zero-order chi connectivity index (χ0) is 11.4. The Balaban J connectivity index is 2.08. The lowest BCUT2D eigenvalue weighted by Crippen LogP contribution is -1.93. The van der Waals surface area contributed by atoms with Crippen molar-refractivity contribution in [3.8, 4) is 5.75 Å². The van der Waals surface area contributed by atoms with Gasteiger partial charge in [-0.2, -0.15) is 4.98 Å². The van der Waals surface area contributed by atoms with E-state index in [1.165, 1.54) is 0 Å². The predicted octanol–water partition coefficient (Wildman–Crippen LogP) is 0.901. The summed E-state index contributed by atoms with van der Waals surface area (Å²) in [5, 5.41) is 21.7. The van der Waals surface area contributed by atoms with Gasteiger partial charge in [-0.1, -0.05) is 17.3 Å². The second kappa shape index (κ2) is 4.76. The summed E-state index contributed by atoms with van der Waals surface area (Å²) in [5.74, 6) is 1.19. The summed E-state index contributed by atoms with van der Waals surface area (Å²) < 4.78 is 5.01. The van der Waals surface area contributed by atoms with Crippen molar-refractivity contribution >= 4 is 0 Å². The molecule has 1 aromatic carbocycles. The predicted molar refractivity (Wildman–Crippen MR) is 56.0 cm³/mol. The van der Waals surface area contributed by atoms with Gasteiger partial charge in [0.1, 0.15) is 5.75 Å². The van der Waals surface area contributed by atoms with Crippen molar-refractivity contribution in [3.05, 3.63) is 41.5 Å². The maximum absolute atomic E-state index is 9.28. The minimum absolute atomic E-state index is 0.00506. The second-order valence-corrected chi connectivity index (χ2v) is 3.42. The highest BCUT2D eigenvalue weighted by Gasteiger charge is 2.06. The van der Waals surface area contributed by atoms with Crippen LogP contribution in [-0.2, 0) is 12.8 Å². The molecule has 2 aromatic rings. The standard InChI is InChI=1S/C11H12N2O3/c14-5-4-10-12-11(16-13-10)7-8-2-1-3-9(15)6-8/h1-3,6,14-15H,4-5,7H2. The molecule has 2 rings (SSSR count). The minimum Gasteiger partial charge on any atom is -0.508 e. The first-order valence-corrected chi connectivity index (χ1v) is 4.98. The second-order valence-electron chi connectivity index (χ2n) is 3.42. The van der Waals surface area contributed by atoms with Gasteiger partial charge >= 0.3 is 0 Å². The summed E-state index contributed by atoms with van der Waals surface area (Å²) in [6, 6.07) is 6.88. The summed E-state index contributed by atoms with van der Waals surface area (Å²) in [4.78, 5) is 4.11. The molecule has 0 atom stereocenters. The molecule has 0 spiro atoms. The van der Waals surface area contributed by atoms with Crippen molar-refractivity contribution in [2.75, 3.05) is 6.61 Å². The van der Waals surface area contributed by atoms with Gasteiger partial charge in [-0.3, -0.25) is 0 Å². The van der Waals surface area contributed by atoms with Gasteiger partial charge in [0.15, 0.2) is 5.82 Å². The van der Waals surface area contributed by atoms with Crippen LogP contribution in [0.5, 0.6) is 5.75 Å². The molecule has 16 heavy (non-hydrogen) atoms. The molecule has 2 N–H and O–H groups in total. The molecule has 0 saturated carbocycles. The molecule has 0 amide bonds. The van der Waals surface area contributed by atoms with E-state index in [0.29, 0.717) is 24.6 Å². The fourth-order valence-electron chi connectivity index (χ4n) is 1.40. The molecule has 84 valence electrons. The number of phenols is 1. The minimum atomic E-state index is 0.00506. The monoisotopic (exact) mass is 220 g/mol. The van der Waals surface area contributed by atoms with Crippen molar-refractivity contribution in [2.24, 2.45) is 0 Å². The largest absolute Gasteiger partial charge is 0.508 e. The normalized spacial score (nSPS) is 10.6. The van der Waals surface area contributed by atoms with E-state index in [1.807, 2.05) is 6.07 Å². The van der Waals surface area contributed by atoms with E-state index < -0.39 is 0 Å². The van der Waals surface area contributed by atoms with E-state index in [9.17, 15) is 5.11 Å². The average molecular weight is 220 g/mol. The number of aromatic nitrogens is 2. The topological polar surface area (TPSA) is 79.4 Å². The highest BCUT2D eigenvalue weighted by Crippen LogP contribution is 2.14. The van der Waals surface area contributed by atoms with Gasteiger partial charge < -0.3 is 14.7 Å². The maximum Gasteiger partial charge on any atom is 0.231 e. The number of phenolic OH excluding ortho intramolecular Hbond substituents is 1. The van der Waals surface area contributed by atoms with Crippen molar-refractivity contribution in [1.82, 2.24) is 10.1 Å². The SMILES string of the molecule is OCCc1noc(Cc2cccc(O)c2)n1. The average Bonchev–Trinajstić information content (AvgIpc) is 2.66. The Morgan fingerprint density at radius 2 is 2.19 bits per heavy atom. The van der Waals surface area contributed by atoms with Crippen LogP contribution in [0.25, 0.3) is 0 Å². The number of rotatable bonds is 4. The summed E-state index contributed by atoms with van der Waals surface area (Å²) in [6.07, 6.45) is 0.871. The van der Waals surface area contributed by atoms with Gasteiger partial charge in [0, 0.05) is 6.42 Å². The van der Waals surface area contributed by atoms with Crippen molar-refractivity contribution in [3.63, 3.8) is 0 Å². The molecule has 5 heteroatoms. The quantitative estimate of drug-likeness (QED) is 0.800. The molecule has 1 aromatic heterocycles. The third kappa shape index (κ3) is 2.58. The first-order chi connectivity index (χ1) is 7.78. The molecule has 0 aliphatic carbocycles. The highest BCUT2D eigenvalue weighted by atomic mass is 16.5. The number of benzene rings is 1. The Kier molecular flexibility index (Phi) is 3.16. The van der Waals surface area contributed by atoms with Crippen LogP contribution in [-0.4, -0.2) is 27.0 Å². The van der Waals surface area contributed by atoms with Crippen LogP contribution in [0.15, 0.2) is 28.8 Å². The van der Waals surface area contributed by atoms with Gasteiger partial charge in [-0.05, 0) is 17.7 Å².